The van der Waals surface area contributed by atoms with Gasteiger partial charge in [-0.2, -0.15) is 5.10 Å². The van der Waals surface area contributed by atoms with Gasteiger partial charge < -0.3 is 5.32 Å². The van der Waals surface area contributed by atoms with Crippen molar-refractivity contribution in [1.29, 1.82) is 0 Å². The predicted octanol–water partition coefficient (Wildman–Crippen LogP) is 4.05. The molecule has 1 N–H and O–H groups in total. The van der Waals surface area contributed by atoms with E-state index in [-0.39, 0.29) is 0 Å². The number of aromatic nitrogens is 2. The fourth-order valence-corrected chi connectivity index (χ4v) is 2.53. The molecule has 2 aromatic rings. The lowest BCUT2D eigenvalue weighted by Gasteiger charge is -2.14. The van der Waals surface area contributed by atoms with Crippen LogP contribution in [0.25, 0.3) is 5.69 Å². The average molecular weight is 285 g/mol. The van der Waals surface area contributed by atoms with Crippen molar-refractivity contribution in [2.24, 2.45) is 5.92 Å². The first-order chi connectivity index (χ1) is 9.99. The van der Waals surface area contributed by atoms with Gasteiger partial charge in [0.05, 0.1) is 17.6 Å². The minimum atomic E-state index is 0.449. The Morgan fingerprint density at radius 1 is 1.10 bits per heavy atom. The van der Waals surface area contributed by atoms with E-state index in [2.05, 4.69) is 74.0 Å². The standard InChI is InChI=1S/C18H27N3/c1-13(2)10-19-11-16-12-20-21(18(16)14(3)4)17-8-6-15(5)7-9-17/h6-9,12-14,19H,10-11H2,1-5H3. The van der Waals surface area contributed by atoms with Crippen molar-refractivity contribution < 1.29 is 0 Å². The summed E-state index contributed by atoms with van der Waals surface area (Å²) >= 11 is 0. The van der Waals surface area contributed by atoms with Crippen LogP contribution >= 0.6 is 0 Å². The third-order valence-electron chi connectivity index (χ3n) is 3.58. The van der Waals surface area contributed by atoms with Gasteiger partial charge >= 0.3 is 0 Å². The molecule has 21 heavy (non-hydrogen) atoms. The van der Waals surface area contributed by atoms with Crippen molar-refractivity contribution >= 4 is 0 Å². The third-order valence-corrected chi connectivity index (χ3v) is 3.58. The van der Waals surface area contributed by atoms with Gasteiger partial charge in [0.15, 0.2) is 0 Å². The molecule has 1 heterocycles. The molecule has 1 aromatic carbocycles. The molecule has 0 unspecified atom stereocenters. The quantitative estimate of drug-likeness (QED) is 0.867. The normalized spacial score (nSPS) is 11.6. The molecule has 3 heteroatoms. The summed E-state index contributed by atoms with van der Waals surface area (Å²) in [7, 11) is 0. The minimum absolute atomic E-state index is 0.449. The van der Waals surface area contributed by atoms with E-state index in [1.54, 1.807) is 0 Å². The summed E-state index contributed by atoms with van der Waals surface area (Å²) in [6.45, 7) is 12.9. The number of rotatable bonds is 6. The number of hydrogen-bond donors (Lipinski definition) is 1. The van der Waals surface area contributed by atoms with Gasteiger partial charge in [0, 0.05) is 12.1 Å². The summed E-state index contributed by atoms with van der Waals surface area (Å²) in [4.78, 5) is 0. The van der Waals surface area contributed by atoms with Crippen LogP contribution in [0.15, 0.2) is 30.5 Å². The number of aryl methyl sites for hydroxylation is 1. The van der Waals surface area contributed by atoms with E-state index in [0.717, 1.165) is 18.8 Å². The molecular formula is C18H27N3. The molecule has 114 valence electrons. The van der Waals surface area contributed by atoms with Gasteiger partial charge in [0.1, 0.15) is 0 Å². The maximum Gasteiger partial charge on any atom is 0.0649 e. The maximum absolute atomic E-state index is 4.61. The van der Waals surface area contributed by atoms with Gasteiger partial charge in [-0.25, -0.2) is 4.68 Å². The zero-order valence-electron chi connectivity index (χ0n) is 13.9. The SMILES string of the molecule is Cc1ccc(-n2ncc(CNCC(C)C)c2C(C)C)cc1. The van der Waals surface area contributed by atoms with E-state index in [0.29, 0.717) is 11.8 Å². The van der Waals surface area contributed by atoms with Crippen LogP contribution in [-0.4, -0.2) is 16.3 Å². The number of benzene rings is 1. The van der Waals surface area contributed by atoms with Crippen LogP contribution in [0.5, 0.6) is 0 Å². The number of hydrogen-bond acceptors (Lipinski definition) is 2. The van der Waals surface area contributed by atoms with E-state index >= 15 is 0 Å². The molecule has 3 nitrogen and oxygen atoms in total. The van der Waals surface area contributed by atoms with Crippen LogP contribution in [0.1, 0.15) is 50.4 Å². The Bertz CT molecular complexity index is 565. The zero-order valence-corrected chi connectivity index (χ0v) is 13.9. The van der Waals surface area contributed by atoms with Crippen molar-refractivity contribution in [3.8, 4) is 5.69 Å². The summed E-state index contributed by atoms with van der Waals surface area (Å²) in [6.07, 6.45) is 2.00. The van der Waals surface area contributed by atoms with E-state index in [1.165, 1.54) is 16.8 Å². The summed E-state index contributed by atoms with van der Waals surface area (Å²) in [6, 6.07) is 8.55. The molecule has 0 saturated heterocycles. The van der Waals surface area contributed by atoms with Gasteiger partial charge in [-0.1, -0.05) is 45.4 Å². The largest absolute Gasteiger partial charge is 0.312 e. The summed E-state index contributed by atoms with van der Waals surface area (Å²) in [5.74, 6) is 1.12. The molecule has 0 aliphatic heterocycles. The van der Waals surface area contributed by atoms with Crippen molar-refractivity contribution in [3.05, 3.63) is 47.3 Å². The van der Waals surface area contributed by atoms with E-state index < -0.39 is 0 Å². The zero-order chi connectivity index (χ0) is 15.4. The molecule has 0 aliphatic rings. The Hall–Kier alpha value is -1.61. The molecule has 0 radical (unpaired) electrons. The minimum Gasteiger partial charge on any atom is -0.312 e. The Balaban J connectivity index is 2.26. The monoisotopic (exact) mass is 285 g/mol. The Morgan fingerprint density at radius 3 is 2.33 bits per heavy atom. The Labute approximate surface area is 128 Å². The second-order valence-corrected chi connectivity index (χ2v) is 6.48. The highest BCUT2D eigenvalue weighted by Gasteiger charge is 2.15. The fourth-order valence-electron chi connectivity index (χ4n) is 2.53. The van der Waals surface area contributed by atoms with Crippen molar-refractivity contribution in [1.82, 2.24) is 15.1 Å². The smallest absolute Gasteiger partial charge is 0.0649 e. The lowest BCUT2D eigenvalue weighted by Crippen LogP contribution is -2.20. The van der Waals surface area contributed by atoms with Gasteiger partial charge in [0.25, 0.3) is 0 Å². The lowest BCUT2D eigenvalue weighted by atomic mass is 10.1. The summed E-state index contributed by atoms with van der Waals surface area (Å²) in [5.41, 5.74) is 5.01. The topological polar surface area (TPSA) is 29.9 Å². The molecule has 0 bridgehead atoms. The van der Waals surface area contributed by atoms with E-state index in [4.69, 9.17) is 0 Å². The van der Waals surface area contributed by atoms with Crippen LogP contribution in [0.4, 0.5) is 0 Å². The highest BCUT2D eigenvalue weighted by atomic mass is 15.3. The molecule has 0 spiro atoms. The summed E-state index contributed by atoms with van der Waals surface area (Å²) in [5, 5.41) is 8.13. The van der Waals surface area contributed by atoms with Gasteiger partial charge in [0.2, 0.25) is 0 Å². The molecule has 0 aliphatic carbocycles. The first kappa shape index (κ1) is 15.8. The van der Waals surface area contributed by atoms with Crippen LogP contribution < -0.4 is 5.32 Å². The number of nitrogens with zero attached hydrogens (tertiary/aromatic N) is 2. The van der Waals surface area contributed by atoms with E-state index in [1.807, 2.05) is 6.20 Å². The van der Waals surface area contributed by atoms with Crippen molar-refractivity contribution in [2.45, 2.75) is 47.1 Å². The predicted molar refractivity (Wildman–Crippen MR) is 88.9 cm³/mol. The van der Waals surface area contributed by atoms with Gasteiger partial charge in [-0.15, -0.1) is 0 Å². The highest BCUT2D eigenvalue weighted by molar-refractivity contribution is 5.38. The maximum atomic E-state index is 4.61. The third kappa shape index (κ3) is 3.94. The first-order valence-corrected chi connectivity index (χ1v) is 7.83. The molecule has 0 saturated carbocycles. The van der Waals surface area contributed by atoms with E-state index in [9.17, 15) is 0 Å². The first-order valence-electron chi connectivity index (χ1n) is 7.83. The molecule has 1 aromatic heterocycles. The molecule has 0 amide bonds. The van der Waals surface area contributed by atoms with Crippen LogP contribution in [0.3, 0.4) is 0 Å². The van der Waals surface area contributed by atoms with Crippen molar-refractivity contribution in [2.75, 3.05) is 6.54 Å². The Kier molecular flexibility index (Phi) is 5.18. The summed E-state index contributed by atoms with van der Waals surface area (Å²) < 4.78 is 2.08. The molecule has 2 rings (SSSR count). The second-order valence-electron chi connectivity index (χ2n) is 6.48. The molecule has 0 atom stereocenters. The van der Waals surface area contributed by atoms with Crippen molar-refractivity contribution in [3.63, 3.8) is 0 Å². The second kappa shape index (κ2) is 6.90. The highest BCUT2D eigenvalue weighted by Crippen LogP contribution is 2.23. The average Bonchev–Trinajstić information content (AvgIpc) is 2.83. The van der Waals surface area contributed by atoms with Crippen LogP contribution in [0.2, 0.25) is 0 Å². The molecule has 0 fully saturated rings. The van der Waals surface area contributed by atoms with Gasteiger partial charge in [-0.3, -0.25) is 0 Å². The van der Waals surface area contributed by atoms with Crippen LogP contribution in [0, 0.1) is 12.8 Å². The number of nitrogens with one attached hydrogen (secondary N) is 1. The molecular weight excluding hydrogens is 258 g/mol. The lowest BCUT2D eigenvalue weighted by molar-refractivity contribution is 0.549. The Morgan fingerprint density at radius 2 is 1.76 bits per heavy atom. The fraction of sp³-hybridized carbons (Fsp3) is 0.500. The van der Waals surface area contributed by atoms with Crippen LogP contribution in [-0.2, 0) is 6.54 Å². The van der Waals surface area contributed by atoms with Gasteiger partial charge in [-0.05, 0) is 37.4 Å².